The second kappa shape index (κ2) is 5.40. The van der Waals surface area contributed by atoms with Gasteiger partial charge in [0.2, 0.25) is 0 Å². The zero-order valence-corrected chi connectivity index (χ0v) is 10.8. The number of carbonyl (C=O) groups excluding carboxylic acids is 1. The van der Waals surface area contributed by atoms with Crippen molar-refractivity contribution in [1.29, 1.82) is 0 Å². The van der Waals surface area contributed by atoms with E-state index in [1.165, 1.54) is 0 Å². The van der Waals surface area contributed by atoms with E-state index in [0.717, 1.165) is 25.0 Å². The minimum atomic E-state index is -0.160. The Morgan fingerprint density at radius 2 is 2.33 bits per heavy atom. The molecule has 1 aliphatic heterocycles. The van der Waals surface area contributed by atoms with Crippen molar-refractivity contribution in [3.05, 3.63) is 29.3 Å². The van der Waals surface area contributed by atoms with Gasteiger partial charge in [-0.05, 0) is 31.9 Å². The van der Waals surface area contributed by atoms with Crippen LogP contribution in [0.5, 0.6) is 5.75 Å². The maximum atomic E-state index is 12.2. The smallest absolute Gasteiger partial charge is 0.257 e. The average Bonchev–Trinajstić information content (AvgIpc) is 2.84. The van der Waals surface area contributed by atoms with Gasteiger partial charge < -0.3 is 14.7 Å². The molecule has 1 aromatic carbocycles. The summed E-state index contributed by atoms with van der Waals surface area (Å²) in [5.74, 6) is -0.128. The molecule has 0 bridgehead atoms. The van der Waals surface area contributed by atoms with Crippen molar-refractivity contribution >= 4 is 5.91 Å². The number of rotatable bonds is 3. The van der Waals surface area contributed by atoms with E-state index in [1.807, 2.05) is 6.92 Å². The van der Waals surface area contributed by atoms with Gasteiger partial charge in [-0.2, -0.15) is 0 Å². The molecule has 4 heteroatoms. The van der Waals surface area contributed by atoms with Gasteiger partial charge in [-0.15, -0.1) is 0 Å². The van der Waals surface area contributed by atoms with Gasteiger partial charge >= 0.3 is 0 Å². The molecule has 0 saturated carbocycles. The van der Waals surface area contributed by atoms with Crippen LogP contribution in [0.4, 0.5) is 0 Å². The lowest BCUT2D eigenvalue weighted by molar-refractivity contribution is 0.0585. The molecule has 1 fully saturated rings. The summed E-state index contributed by atoms with van der Waals surface area (Å²) in [6.45, 7) is 3.25. The lowest BCUT2D eigenvalue weighted by Crippen LogP contribution is -2.34. The summed E-state index contributed by atoms with van der Waals surface area (Å²) in [7, 11) is 1.74. The Hall–Kier alpha value is -1.55. The molecule has 1 N–H and O–H groups in total. The van der Waals surface area contributed by atoms with Gasteiger partial charge in [0.25, 0.3) is 5.91 Å². The van der Waals surface area contributed by atoms with Crippen LogP contribution in [0.25, 0.3) is 0 Å². The molecule has 1 unspecified atom stereocenters. The van der Waals surface area contributed by atoms with Crippen molar-refractivity contribution < 1.29 is 14.6 Å². The molecule has 1 saturated heterocycles. The molecule has 0 aliphatic carbocycles. The molecule has 1 aromatic rings. The molecule has 1 atom stereocenters. The first kappa shape index (κ1) is 12.9. The Kier molecular flexibility index (Phi) is 3.87. The first-order chi connectivity index (χ1) is 8.58. The number of phenolic OH excluding ortho intramolecular Hbond substituents is 1. The monoisotopic (exact) mass is 249 g/mol. The van der Waals surface area contributed by atoms with Gasteiger partial charge in [-0.1, -0.05) is 11.6 Å². The Balaban J connectivity index is 2.07. The topological polar surface area (TPSA) is 49.8 Å². The molecule has 0 spiro atoms. The highest BCUT2D eigenvalue weighted by Gasteiger charge is 2.22. The van der Waals surface area contributed by atoms with Gasteiger partial charge in [0.15, 0.2) is 0 Å². The van der Waals surface area contributed by atoms with Gasteiger partial charge in [-0.25, -0.2) is 0 Å². The summed E-state index contributed by atoms with van der Waals surface area (Å²) in [5.41, 5.74) is 1.32. The van der Waals surface area contributed by atoms with Gasteiger partial charge in [-0.3, -0.25) is 4.79 Å². The quantitative estimate of drug-likeness (QED) is 0.890. The number of nitrogens with zero attached hydrogens (tertiary/aromatic N) is 1. The molecule has 1 heterocycles. The van der Waals surface area contributed by atoms with Crippen molar-refractivity contribution in [2.75, 3.05) is 20.2 Å². The number of hydrogen-bond acceptors (Lipinski definition) is 3. The van der Waals surface area contributed by atoms with Crippen molar-refractivity contribution in [3.8, 4) is 5.75 Å². The maximum absolute atomic E-state index is 12.2. The van der Waals surface area contributed by atoms with E-state index in [0.29, 0.717) is 12.1 Å². The van der Waals surface area contributed by atoms with E-state index in [9.17, 15) is 9.90 Å². The molecule has 1 aliphatic rings. The SMILES string of the molecule is Cc1ccc(O)c(C(=O)N(C)CC2CCCO2)c1. The first-order valence-corrected chi connectivity index (χ1v) is 6.24. The number of benzene rings is 1. The molecule has 0 aromatic heterocycles. The zero-order valence-electron chi connectivity index (χ0n) is 10.8. The molecular weight excluding hydrogens is 230 g/mol. The molecular formula is C14H19NO3. The van der Waals surface area contributed by atoms with Gasteiger partial charge in [0.05, 0.1) is 11.7 Å². The summed E-state index contributed by atoms with van der Waals surface area (Å²) < 4.78 is 5.51. The third kappa shape index (κ3) is 2.82. The standard InChI is InChI=1S/C14H19NO3/c1-10-5-6-13(16)12(8-10)14(17)15(2)9-11-4-3-7-18-11/h5-6,8,11,16H,3-4,7,9H2,1-2H3. The summed E-state index contributed by atoms with van der Waals surface area (Å²) in [4.78, 5) is 13.8. The van der Waals surface area contributed by atoms with Crippen molar-refractivity contribution in [3.63, 3.8) is 0 Å². The predicted molar refractivity (Wildman–Crippen MR) is 68.8 cm³/mol. The third-order valence-corrected chi connectivity index (χ3v) is 3.23. The summed E-state index contributed by atoms with van der Waals surface area (Å²) in [6, 6.07) is 5.05. The molecule has 1 amide bonds. The Morgan fingerprint density at radius 1 is 1.56 bits per heavy atom. The largest absolute Gasteiger partial charge is 0.507 e. The summed E-state index contributed by atoms with van der Waals surface area (Å²) in [5, 5.41) is 9.74. The number of amides is 1. The van der Waals surface area contributed by atoms with Crippen LogP contribution < -0.4 is 0 Å². The average molecular weight is 249 g/mol. The van der Waals surface area contributed by atoms with Crippen molar-refractivity contribution in [2.24, 2.45) is 0 Å². The Morgan fingerprint density at radius 3 is 3.00 bits per heavy atom. The van der Waals surface area contributed by atoms with Crippen LogP contribution in [-0.2, 0) is 4.74 Å². The number of ether oxygens (including phenoxy) is 1. The minimum Gasteiger partial charge on any atom is -0.507 e. The fourth-order valence-corrected chi connectivity index (χ4v) is 2.20. The second-order valence-electron chi connectivity index (χ2n) is 4.84. The van der Waals surface area contributed by atoms with Crippen LogP contribution >= 0.6 is 0 Å². The van der Waals surface area contributed by atoms with Crippen molar-refractivity contribution in [2.45, 2.75) is 25.9 Å². The predicted octanol–water partition coefficient (Wildman–Crippen LogP) is 1.95. The van der Waals surface area contributed by atoms with E-state index in [1.54, 1.807) is 30.1 Å². The maximum Gasteiger partial charge on any atom is 0.257 e. The highest BCUT2D eigenvalue weighted by atomic mass is 16.5. The fourth-order valence-electron chi connectivity index (χ4n) is 2.20. The second-order valence-corrected chi connectivity index (χ2v) is 4.84. The zero-order chi connectivity index (χ0) is 13.1. The molecule has 98 valence electrons. The molecule has 4 nitrogen and oxygen atoms in total. The number of hydrogen-bond donors (Lipinski definition) is 1. The van der Waals surface area contributed by atoms with E-state index in [4.69, 9.17) is 4.74 Å². The van der Waals surface area contributed by atoms with E-state index in [2.05, 4.69) is 0 Å². The van der Waals surface area contributed by atoms with Crippen molar-refractivity contribution in [1.82, 2.24) is 4.90 Å². The highest BCUT2D eigenvalue weighted by molar-refractivity contribution is 5.96. The molecule has 0 radical (unpaired) electrons. The molecule has 2 rings (SSSR count). The van der Waals surface area contributed by atoms with E-state index < -0.39 is 0 Å². The number of likely N-dealkylation sites (N-methyl/N-ethyl adjacent to an activating group) is 1. The van der Waals surface area contributed by atoms with Gasteiger partial charge in [0, 0.05) is 20.2 Å². The lowest BCUT2D eigenvalue weighted by atomic mass is 10.1. The van der Waals surface area contributed by atoms with Crippen LogP contribution in [0, 0.1) is 6.92 Å². The number of aryl methyl sites for hydroxylation is 1. The van der Waals surface area contributed by atoms with Crippen LogP contribution in [0.2, 0.25) is 0 Å². The van der Waals surface area contributed by atoms with E-state index in [-0.39, 0.29) is 17.8 Å². The fraction of sp³-hybridized carbons (Fsp3) is 0.500. The summed E-state index contributed by atoms with van der Waals surface area (Å²) in [6.07, 6.45) is 2.19. The van der Waals surface area contributed by atoms with Crippen LogP contribution in [0.1, 0.15) is 28.8 Å². The van der Waals surface area contributed by atoms with Crippen LogP contribution in [0.15, 0.2) is 18.2 Å². The minimum absolute atomic E-state index is 0.0322. The Bertz CT molecular complexity index is 439. The third-order valence-electron chi connectivity index (χ3n) is 3.23. The highest BCUT2D eigenvalue weighted by Crippen LogP contribution is 2.21. The number of phenols is 1. The first-order valence-electron chi connectivity index (χ1n) is 6.24. The normalized spacial score (nSPS) is 18.9. The number of carbonyl (C=O) groups is 1. The summed E-state index contributed by atoms with van der Waals surface area (Å²) >= 11 is 0. The molecule has 18 heavy (non-hydrogen) atoms. The van der Waals surface area contributed by atoms with Crippen LogP contribution in [0.3, 0.4) is 0 Å². The van der Waals surface area contributed by atoms with E-state index >= 15 is 0 Å². The van der Waals surface area contributed by atoms with Crippen LogP contribution in [-0.4, -0.2) is 42.2 Å². The number of aromatic hydroxyl groups is 1. The Labute approximate surface area is 107 Å². The van der Waals surface area contributed by atoms with Gasteiger partial charge in [0.1, 0.15) is 5.75 Å². The lowest BCUT2D eigenvalue weighted by Gasteiger charge is -2.21.